The van der Waals surface area contributed by atoms with Gasteiger partial charge in [0.15, 0.2) is 0 Å². The van der Waals surface area contributed by atoms with Gasteiger partial charge in [-0.2, -0.15) is 0 Å². The Morgan fingerprint density at radius 3 is 1.59 bits per heavy atom. The first kappa shape index (κ1) is 54.7. The molecular weight excluding hydrogens is 751 g/mol. The molecule has 1 aliphatic carbocycles. The van der Waals surface area contributed by atoms with Gasteiger partial charge in [-0.05, 0) is 148 Å². The van der Waals surface area contributed by atoms with Gasteiger partial charge in [-0.3, -0.25) is 9.59 Å². The Morgan fingerprint density at radius 2 is 1.11 bits per heavy atom. The second-order valence-corrected chi connectivity index (χ2v) is 19.2. The first-order valence-electron chi connectivity index (χ1n) is 26.2. The average molecular weight is 848 g/mol. The third kappa shape index (κ3) is 27.4. The molecule has 0 amide bonds. The van der Waals surface area contributed by atoms with E-state index in [-0.39, 0.29) is 36.0 Å². The van der Waals surface area contributed by atoms with Crippen LogP contribution in [0.1, 0.15) is 233 Å². The van der Waals surface area contributed by atoms with Crippen molar-refractivity contribution in [3.63, 3.8) is 0 Å². The highest BCUT2D eigenvalue weighted by Gasteiger charge is 2.45. The first-order chi connectivity index (χ1) is 29.8. The number of unbranched alkanes of at least 4 members (excludes halogenated alkanes) is 18. The van der Waals surface area contributed by atoms with Crippen molar-refractivity contribution in [2.24, 2.45) is 17.3 Å². The fourth-order valence-corrected chi connectivity index (χ4v) is 9.34. The molecule has 2 fully saturated rings. The van der Waals surface area contributed by atoms with Crippen LogP contribution < -0.4 is 0 Å². The van der Waals surface area contributed by atoms with Crippen molar-refractivity contribution in [3.8, 4) is 0 Å². The molecule has 61 heavy (non-hydrogen) atoms. The lowest BCUT2D eigenvalue weighted by Crippen LogP contribution is -2.36. The van der Waals surface area contributed by atoms with E-state index in [0.29, 0.717) is 6.42 Å². The minimum Gasteiger partial charge on any atom is -0.462 e. The Morgan fingerprint density at radius 1 is 0.623 bits per heavy atom. The number of allylic oxidation sites excluding steroid dienone is 10. The lowest BCUT2D eigenvalue weighted by molar-refractivity contribution is -0.162. The molecule has 0 N–H and O–H groups in total. The van der Waals surface area contributed by atoms with Gasteiger partial charge in [0.1, 0.15) is 12.2 Å². The zero-order chi connectivity index (χ0) is 44.1. The zero-order valence-electron chi connectivity index (χ0n) is 40.7. The van der Waals surface area contributed by atoms with Crippen LogP contribution in [-0.2, 0) is 19.1 Å². The smallest absolute Gasteiger partial charge is 0.313 e. The van der Waals surface area contributed by atoms with Gasteiger partial charge in [0.25, 0.3) is 0 Å². The minimum absolute atomic E-state index is 0.0111. The molecule has 1 saturated heterocycles. The van der Waals surface area contributed by atoms with Crippen molar-refractivity contribution < 1.29 is 19.1 Å². The topological polar surface area (TPSA) is 55.8 Å². The zero-order valence-corrected chi connectivity index (χ0v) is 40.7. The molecule has 2 rings (SSSR count). The van der Waals surface area contributed by atoms with Crippen molar-refractivity contribution in [1.29, 1.82) is 0 Å². The number of nitrogens with zero attached hydrogens (tertiary/aromatic N) is 1. The van der Waals surface area contributed by atoms with E-state index in [1.54, 1.807) is 0 Å². The van der Waals surface area contributed by atoms with Crippen LogP contribution in [0.4, 0.5) is 0 Å². The number of esters is 2. The number of ether oxygens (including phenoxy) is 2. The Hall–Kier alpha value is -2.40. The number of likely N-dealkylation sites (tertiary alicyclic amines) is 1. The van der Waals surface area contributed by atoms with E-state index in [1.807, 2.05) is 0 Å². The predicted molar refractivity (Wildman–Crippen MR) is 263 cm³/mol. The molecule has 1 heterocycles. The van der Waals surface area contributed by atoms with Crippen LogP contribution in [0.5, 0.6) is 0 Å². The summed E-state index contributed by atoms with van der Waals surface area (Å²) >= 11 is 0. The van der Waals surface area contributed by atoms with E-state index >= 15 is 0 Å². The van der Waals surface area contributed by atoms with Crippen molar-refractivity contribution in [1.82, 2.24) is 4.90 Å². The van der Waals surface area contributed by atoms with Gasteiger partial charge in [0.05, 0.1) is 5.41 Å². The van der Waals surface area contributed by atoms with E-state index in [2.05, 4.69) is 100 Å². The summed E-state index contributed by atoms with van der Waals surface area (Å²) in [5, 5.41) is 0. The summed E-state index contributed by atoms with van der Waals surface area (Å²) in [7, 11) is 2.08. The molecule has 2 aliphatic rings. The van der Waals surface area contributed by atoms with E-state index in [0.717, 1.165) is 83.7 Å². The predicted octanol–water partition coefficient (Wildman–Crippen LogP) is 16.3. The Balaban J connectivity index is 1.79. The lowest BCUT2D eigenvalue weighted by Gasteiger charge is -2.28. The summed E-state index contributed by atoms with van der Waals surface area (Å²) < 4.78 is 12.7. The largest absolute Gasteiger partial charge is 0.462 e. The molecular formula is C56H97NO4. The number of rotatable bonds is 38. The Labute approximate surface area is 378 Å². The average Bonchev–Trinajstić information content (AvgIpc) is 3.80. The van der Waals surface area contributed by atoms with Gasteiger partial charge in [-0.1, -0.05) is 159 Å². The molecule has 350 valence electrons. The lowest BCUT2D eigenvalue weighted by atomic mass is 9.87. The number of carbonyl (C=O) groups excluding carboxylic acids is 2. The van der Waals surface area contributed by atoms with Crippen LogP contribution in [0.3, 0.4) is 0 Å². The van der Waals surface area contributed by atoms with Crippen LogP contribution in [0.25, 0.3) is 0 Å². The van der Waals surface area contributed by atoms with E-state index in [9.17, 15) is 9.59 Å². The van der Waals surface area contributed by atoms with Gasteiger partial charge in [0.2, 0.25) is 0 Å². The number of hydrogen-bond acceptors (Lipinski definition) is 5. The molecule has 0 aromatic rings. The van der Waals surface area contributed by atoms with Crippen molar-refractivity contribution in [2.45, 2.75) is 245 Å². The molecule has 0 bridgehead atoms. The third-order valence-electron chi connectivity index (χ3n) is 13.3. The molecule has 0 radical (unpaired) electrons. The molecule has 4 atom stereocenters. The maximum absolute atomic E-state index is 13.7. The van der Waals surface area contributed by atoms with Crippen molar-refractivity contribution in [3.05, 3.63) is 60.8 Å². The van der Waals surface area contributed by atoms with Gasteiger partial charge in [-0.15, -0.1) is 0 Å². The summed E-state index contributed by atoms with van der Waals surface area (Å²) in [6, 6.07) is 0. The maximum atomic E-state index is 13.7. The molecule has 0 aromatic carbocycles. The van der Waals surface area contributed by atoms with E-state index in [1.165, 1.54) is 128 Å². The SMILES string of the molecule is CC/C=C\CC1C(CC(=O)OC(CCCCCCCC/C=C\C/C=C\CCCCC)CCCCCCCC/C=C\C/C=C\CCCCC)CCC1OC(=O)C1(C)CCN(C)C1. The minimum atomic E-state index is -0.438. The summed E-state index contributed by atoms with van der Waals surface area (Å²) in [5.74, 6) is 0.253. The third-order valence-corrected chi connectivity index (χ3v) is 13.3. The van der Waals surface area contributed by atoms with Crippen LogP contribution in [0.15, 0.2) is 60.8 Å². The maximum Gasteiger partial charge on any atom is 0.313 e. The second-order valence-electron chi connectivity index (χ2n) is 19.2. The quantitative estimate of drug-likeness (QED) is 0.0352. The summed E-state index contributed by atoms with van der Waals surface area (Å²) in [5.41, 5.74) is -0.438. The van der Waals surface area contributed by atoms with Crippen LogP contribution in [-0.4, -0.2) is 49.2 Å². The Bertz CT molecular complexity index is 1180. The molecule has 5 nitrogen and oxygen atoms in total. The number of hydrogen-bond donors (Lipinski definition) is 0. The monoisotopic (exact) mass is 848 g/mol. The highest BCUT2D eigenvalue weighted by molar-refractivity contribution is 5.77. The molecule has 0 aromatic heterocycles. The van der Waals surface area contributed by atoms with Gasteiger partial charge >= 0.3 is 11.9 Å². The van der Waals surface area contributed by atoms with Crippen molar-refractivity contribution in [2.75, 3.05) is 20.1 Å². The van der Waals surface area contributed by atoms with Gasteiger partial charge in [0, 0.05) is 18.9 Å². The number of carbonyl (C=O) groups is 2. The molecule has 4 unspecified atom stereocenters. The van der Waals surface area contributed by atoms with Gasteiger partial charge in [-0.25, -0.2) is 0 Å². The molecule has 5 heteroatoms. The fraction of sp³-hybridized carbons (Fsp3) is 0.786. The normalized spacial score (nSPS) is 21.2. The summed E-state index contributed by atoms with van der Waals surface area (Å²) in [4.78, 5) is 29.3. The van der Waals surface area contributed by atoms with Crippen molar-refractivity contribution >= 4 is 11.9 Å². The molecule has 0 spiro atoms. The van der Waals surface area contributed by atoms with Gasteiger partial charge < -0.3 is 14.4 Å². The molecule has 1 saturated carbocycles. The Kier molecular flexibility index (Phi) is 33.2. The summed E-state index contributed by atoms with van der Waals surface area (Å²) in [6.45, 7) is 10.4. The fourth-order valence-electron chi connectivity index (χ4n) is 9.34. The molecule has 1 aliphatic heterocycles. The standard InChI is InChI=1S/C56H97NO4/c1-6-9-12-14-16-18-20-22-24-26-28-30-32-34-36-39-41-51(42-40-37-35-33-31-29-27-25-23-21-19-17-15-13-10-7-2)60-54(58)48-50-44-45-53(52(50)43-38-11-8-3)61-55(59)56(4)46-47-57(5)49-56/h11,16-19,22-25,38,50-53H,6-10,12-15,20-21,26-37,39-49H2,1-5H3/b18-16-,19-17-,24-22-,25-23-,38-11-. The van der Waals surface area contributed by atoms with Crippen LogP contribution in [0.2, 0.25) is 0 Å². The highest BCUT2D eigenvalue weighted by Crippen LogP contribution is 2.41. The van der Waals surface area contributed by atoms with Crippen LogP contribution in [0, 0.1) is 17.3 Å². The van der Waals surface area contributed by atoms with Crippen LogP contribution >= 0.6 is 0 Å². The highest BCUT2D eigenvalue weighted by atomic mass is 16.5. The summed E-state index contributed by atoms with van der Waals surface area (Å²) in [6.07, 6.45) is 59.6. The second kappa shape index (κ2) is 37.0. The first-order valence-corrected chi connectivity index (χ1v) is 26.2. The van der Waals surface area contributed by atoms with E-state index < -0.39 is 5.41 Å². The van der Waals surface area contributed by atoms with E-state index in [4.69, 9.17) is 9.47 Å².